The lowest BCUT2D eigenvalue weighted by Crippen LogP contribution is -2.48. The third-order valence-corrected chi connectivity index (χ3v) is 6.16. The molecule has 1 aliphatic rings. The molecule has 1 aliphatic heterocycles. The van der Waals surface area contributed by atoms with Crippen molar-refractivity contribution in [1.82, 2.24) is 9.80 Å². The van der Waals surface area contributed by atoms with Gasteiger partial charge in [0, 0.05) is 37.6 Å². The summed E-state index contributed by atoms with van der Waals surface area (Å²) in [5, 5.41) is 2.01. The van der Waals surface area contributed by atoms with Gasteiger partial charge in [-0.25, -0.2) is 4.39 Å². The van der Waals surface area contributed by atoms with E-state index in [9.17, 15) is 14.0 Å². The number of benzene rings is 1. The molecule has 0 spiro atoms. The van der Waals surface area contributed by atoms with Gasteiger partial charge in [0.05, 0.1) is 19.2 Å². The maximum atomic E-state index is 13.5. The molecule has 0 aliphatic carbocycles. The lowest BCUT2D eigenvalue weighted by Gasteiger charge is -2.37. The summed E-state index contributed by atoms with van der Waals surface area (Å²) in [4.78, 5) is 30.0. The van der Waals surface area contributed by atoms with E-state index >= 15 is 0 Å². The van der Waals surface area contributed by atoms with Crippen molar-refractivity contribution >= 4 is 23.2 Å². The van der Waals surface area contributed by atoms with Crippen molar-refractivity contribution < 1.29 is 23.5 Å². The molecule has 162 valence electrons. The fourth-order valence-corrected chi connectivity index (χ4v) is 4.51. The van der Waals surface area contributed by atoms with E-state index < -0.39 is 0 Å². The molecule has 6 nitrogen and oxygen atoms in total. The zero-order valence-corrected chi connectivity index (χ0v) is 18.1. The van der Waals surface area contributed by atoms with Crippen LogP contribution in [0.15, 0.2) is 35.7 Å². The quantitative estimate of drug-likeness (QED) is 0.608. The predicted molar refractivity (Wildman–Crippen MR) is 113 cm³/mol. The number of halogens is 1. The lowest BCUT2D eigenvalue weighted by molar-refractivity contribution is -0.143. The number of nitrogens with zero attached hydrogens (tertiary/aromatic N) is 2. The summed E-state index contributed by atoms with van der Waals surface area (Å²) in [6.45, 7) is 3.31. The van der Waals surface area contributed by atoms with Crippen LogP contribution in [0.4, 0.5) is 4.39 Å². The van der Waals surface area contributed by atoms with Crippen molar-refractivity contribution in [3.8, 4) is 5.75 Å². The highest BCUT2D eigenvalue weighted by Crippen LogP contribution is 2.34. The maximum absolute atomic E-state index is 13.5. The van der Waals surface area contributed by atoms with Crippen LogP contribution in [0.5, 0.6) is 5.75 Å². The Balaban J connectivity index is 1.75. The zero-order chi connectivity index (χ0) is 21.5. The molecule has 0 saturated carbocycles. The third kappa shape index (κ3) is 5.37. The van der Waals surface area contributed by atoms with Crippen molar-refractivity contribution in [2.24, 2.45) is 0 Å². The van der Waals surface area contributed by atoms with Gasteiger partial charge >= 0.3 is 0 Å². The molecule has 1 aromatic carbocycles. The fourth-order valence-electron chi connectivity index (χ4n) is 3.58. The second-order valence-corrected chi connectivity index (χ2v) is 8.08. The standard InChI is InChI=1S/C22H27FN2O4S/c1-3-21(26)24(10-11-28-2)14-22(27)25-9-7-20-18(8-12-30-20)19(25)15-29-17-6-4-5-16(23)13-17/h4-6,8,12-13,19H,3,7,9-11,14-15H2,1-2H3/t19-/m0/s1. The van der Waals surface area contributed by atoms with Gasteiger partial charge < -0.3 is 19.3 Å². The number of ether oxygens (including phenoxy) is 2. The molecule has 2 heterocycles. The summed E-state index contributed by atoms with van der Waals surface area (Å²) >= 11 is 1.67. The van der Waals surface area contributed by atoms with Gasteiger partial charge in [-0.2, -0.15) is 0 Å². The number of rotatable bonds is 9. The van der Waals surface area contributed by atoms with E-state index in [4.69, 9.17) is 9.47 Å². The van der Waals surface area contributed by atoms with E-state index in [2.05, 4.69) is 0 Å². The van der Waals surface area contributed by atoms with Crippen LogP contribution in [0.1, 0.15) is 29.8 Å². The first-order chi connectivity index (χ1) is 14.5. The second kappa shape index (κ2) is 10.5. The molecule has 0 bridgehead atoms. The normalized spacial score (nSPS) is 15.6. The Labute approximate surface area is 180 Å². The molecule has 0 fully saturated rings. The van der Waals surface area contributed by atoms with E-state index in [0.29, 0.717) is 31.9 Å². The van der Waals surface area contributed by atoms with Gasteiger partial charge in [-0.05, 0) is 35.6 Å². The first-order valence-electron chi connectivity index (χ1n) is 10.0. The highest BCUT2D eigenvalue weighted by molar-refractivity contribution is 7.10. The predicted octanol–water partition coefficient (Wildman–Crippen LogP) is 3.28. The van der Waals surface area contributed by atoms with Crippen LogP contribution in [-0.2, 0) is 20.7 Å². The van der Waals surface area contributed by atoms with E-state index in [1.807, 2.05) is 11.4 Å². The largest absolute Gasteiger partial charge is 0.491 e. The van der Waals surface area contributed by atoms with E-state index in [1.54, 1.807) is 47.3 Å². The molecule has 1 aromatic heterocycles. The minimum absolute atomic E-state index is 0.00592. The lowest BCUT2D eigenvalue weighted by atomic mass is 10.0. The molecule has 2 aromatic rings. The van der Waals surface area contributed by atoms with Crippen molar-refractivity contribution in [1.29, 1.82) is 0 Å². The van der Waals surface area contributed by atoms with Gasteiger partial charge in [-0.15, -0.1) is 11.3 Å². The van der Waals surface area contributed by atoms with Crippen LogP contribution in [0.25, 0.3) is 0 Å². The van der Waals surface area contributed by atoms with Gasteiger partial charge in [-0.3, -0.25) is 9.59 Å². The number of thiophene rings is 1. The van der Waals surface area contributed by atoms with E-state index in [-0.39, 0.29) is 36.8 Å². The molecule has 30 heavy (non-hydrogen) atoms. The smallest absolute Gasteiger partial charge is 0.242 e. The summed E-state index contributed by atoms with van der Waals surface area (Å²) in [5.74, 6) is -0.154. The number of fused-ring (bicyclic) bond motifs is 1. The van der Waals surface area contributed by atoms with Gasteiger partial charge in [0.15, 0.2) is 0 Å². The van der Waals surface area contributed by atoms with Crippen LogP contribution in [0.3, 0.4) is 0 Å². The highest BCUT2D eigenvalue weighted by atomic mass is 32.1. The summed E-state index contributed by atoms with van der Waals surface area (Å²) < 4.78 is 24.4. The molecule has 2 amide bonds. The molecule has 0 N–H and O–H groups in total. The van der Waals surface area contributed by atoms with Gasteiger partial charge in [0.25, 0.3) is 0 Å². The van der Waals surface area contributed by atoms with Crippen LogP contribution in [0, 0.1) is 5.82 Å². The van der Waals surface area contributed by atoms with Crippen LogP contribution in [-0.4, -0.2) is 61.6 Å². The fraction of sp³-hybridized carbons (Fsp3) is 0.455. The Hall–Kier alpha value is -2.45. The second-order valence-electron chi connectivity index (χ2n) is 7.08. The summed E-state index contributed by atoms with van der Waals surface area (Å²) in [6, 6.07) is 7.71. The zero-order valence-electron chi connectivity index (χ0n) is 17.3. The Morgan fingerprint density at radius 1 is 1.33 bits per heavy atom. The Kier molecular flexibility index (Phi) is 7.81. The molecule has 8 heteroatoms. The van der Waals surface area contributed by atoms with E-state index in [1.165, 1.54) is 17.0 Å². The van der Waals surface area contributed by atoms with Gasteiger partial charge in [-0.1, -0.05) is 13.0 Å². The highest BCUT2D eigenvalue weighted by Gasteiger charge is 2.33. The monoisotopic (exact) mass is 434 g/mol. The number of hydrogen-bond acceptors (Lipinski definition) is 5. The Bertz CT molecular complexity index is 872. The van der Waals surface area contributed by atoms with E-state index in [0.717, 1.165) is 12.0 Å². The first-order valence-corrected chi connectivity index (χ1v) is 10.9. The number of amides is 2. The van der Waals surface area contributed by atoms with Crippen molar-refractivity contribution in [3.63, 3.8) is 0 Å². The van der Waals surface area contributed by atoms with Crippen molar-refractivity contribution in [3.05, 3.63) is 52.0 Å². The molecule has 1 atom stereocenters. The number of carbonyl (C=O) groups is 2. The molecule has 0 saturated heterocycles. The maximum Gasteiger partial charge on any atom is 0.242 e. The average Bonchev–Trinajstić information content (AvgIpc) is 3.23. The Morgan fingerprint density at radius 2 is 2.17 bits per heavy atom. The van der Waals surface area contributed by atoms with Crippen molar-refractivity contribution in [2.75, 3.05) is 40.0 Å². The Morgan fingerprint density at radius 3 is 2.90 bits per heavy atom. The minimum atomic E-state index is -0.368. The summed E-state index contributed by atoms with van der Waals surface area (Å²) in [6.07, 6.45) is 1.10. The number of hydrogen-bond donors (Lipinski definition) is 0. The van der Waals surface area contributed by atoms with Crippen LogP contribution in [0.2, 0.25) is 0 Å². The SMILES string of the molecule is CCC(=O)N(CCOC)CC(=O)N1CCc2sccc2[C@@H]1COc1cccc(F)c1. The summed E-state index contributed by atoms with van der Waals surface area (Å²) in [5.41, 5.74) is 1.06. The average molecular weight is 435 g/mol. The number of methoxy groups -OCH3 is 1. The van der Waals surface area contributed by atoms with Crippen molar-refractivity contribution in [2.45, 2.75) is 25.8 Å². The summed E-state index contributed by atoms with van der Waals surface area (Å²) in [7, 11) is 1.57. The first kappa shape index (κ1) is 22.2. The topological polar surface area (TPSA) is 59.1 Å². The molecule has 0 unspecified atom stereocenters. The third-order valence-electron chi connectivity index (χ3n) is 5.17. The molecule has 3 rings (SSSR count). The molecule has 0 radical (unpaired) electrons. The minimum Gasteiger partial charge on any atom is -0.491 e. The molecular weight excluding hydrogens is 407 g/mol. The van der Waals surface area contributed by atoms with Crippen LogP contribution < -0.4 is 4.74 Å². The number of carbonyl (C=O) groups excluding carboxylic acids is 2. The van der Waals surface area contributed by atoms with Crippen LogP contribution >= 0.6 is 11.3 Å². The van der Waals surface area contributed by atoms with Gasteiger partial charge in [0.1, 0.15) is 18.2 Å². The van der Waals surface area contributed by atoms with Gasteiger partial charge in [0.2, 0.25) is 11.8 Å². The molecular formula is C22H27FN2O4S.